The van der Waals surface area contributed by atoms with Gasteiger partial charge in [0.2, 0.25) is 0 Å². The Balaban J connectivity index is 1.98. The number of nitrogens with one attached hydrogen (secondary N) is 1. The molecule has 1 N–H and O–H groups in total. The predicted molar refractivity (Wildman–Crippen MR) is 79.5 cm³/mol. The van der Waals surface area contributed by atoms with Gasteiger partial charge in [-0.05, 0) is 49.8 Å². The Morgan fingerprint density at radius 3 is 3.00 bits per heavy atom. The number of aryl methyl sites for hydroxylation is 2. The van der Waals surface area contributed by atoms with Crippen molar-refractivity contribution in [2.75, 3.05) is 20.3 Å². The molecule has 1 unspecified atom stereocenters. The summed E-state index contributed by atoms with van der Waals surface area (Å²) in [6, 6.07) is 0.572. The summed E-state index contributed by atoms with van der Waals surface area (Å²) in [5.41, 5.74) is 3.11. The van der Waals surface area contributed by atoms with Crippen molar-refractivity contribution in [2.45, 2.75) is 58.0 Å². The first-order valence-corrected chi connectivity index (χ1v) is 7.76. The van der Waals surface area contributed by atoms with E-state index in [0.717, 1.165) is 26.1 Å². The summed E-state index contributed by atoms with van der Waals surface area (Å²) in [6.07, 6.45) is 12.3. The number of aromatic nitrogens is 1. The van der Waals surface area contributed by atoms with Crippen molar-refractivity contribution in [1.82, 2.24) is 9.88 Å². The second-order valence-corrected chi connectivity index (χ2v) is 5.53. The van der Waals surface area contributed by atoms with E-state index in [0.29, 0.717) is 6.04 Å². The third kappa shape index (κ3) is 4.08. The van der Waals surface area contributed by atoms with E-state index in [2.05, 4.69) is 29.2 Å². The van der Waals surface area contributed by atoms with Crippen LogP contribution in [0, 0.1) is 0 Å². The average molecular weight is 264 g/mol. The summed E-state index contributed by atoms with van der Waals surface area (Å²) in [4.78, 5) is 0. The zero-order valence-corrected chi connectivity index (χ0v) is 12.5. The van der Waals surface area contributed by atoms with Gasteiger partial charge in [0.1, 0.15) is 0 Å². The lowest BCUT2D eigenvalue weighted by Gasteiger charge is -2.15. The second-order valence-electron chi connectivity index (χ2n) is 5.53. The van der Waals surface area contributed by atoms with Gasteiger partial charge in [-0.3, -0.25) is 0 Å². The molecule has 3 heteroatoms. The molecule has 3 nitrogen and oxygen atoms in total. The van der Waals surface area contributed by atoms with Gasteiger partial charge in [0, 0.05) is 38.7 Å². The molecule has 0 spiro atoms. The first-order chi connectivity index (χ1) is 9.35. The molecule has 0 amide bonds. The largest absolute Gasteiger partial charge is 0.385 e. The van der Waals surface area contributed by atoms with Crippen LogP contribution in [0.15, 0.2) is 12.4 Å². The molecule has 1 aromatic heterocycles. The molecule has 0 saturated heterocycles. The molecule has 108 valence electrons. The SMILES string of the molecule is CCNC1CCCCc2cn(CCCCOC)cc21. The molecule has 0 saturated carbocycles. The first kappa shape index (κ1) is 14.6. The van der Waals surface area contributed by atoms with Crippen LogP contribution in [0.1, 0.15) is 56.2 Å². The number of methoxy groups -OCH3 is 1. The van der Waals surface area contributed by atoms with E-state index in [9.17, 15) is 0 Å². The highest BCUT2D eigenvalue weighted by Gasteiger charge is 2.19. The molecule has 1 aromatic rings. The van der Waals surface area contributed by atoms with Gasteiger partial charge in [0.15, 0.2) is 0 Å². The van der Waals surface area contributed by atoms with Crippen LogP contribution < -0.4 is 5.32 Å². The van der Waals surface area contributed by atoms with Gasteiger partial charge in [0.25, 0.3) is 0 Å². The van der Waals surface area contributed by atoms with Crippen LogP contribution >= 0.6 is 0 Å². The van der Waals surface area contributed by atoms with Crippen LogP contribution in [0.25, 0.3) is 0 Å². The van der Waals surface area contributed by atoms with Crippen LogP contribution in [-0.2, 0) is 17.7 Å². The standard InChI is InChI=1S/C16H28N2O/c1-3-17-16-9-5-4-8-14-12-18(13-15(14)16)10-6-7-11-19-2/h12-13,16-17H,3-11H2,1-2H3. The third-order valence-corrected chi connectivity index (χ3v) is 4.03. The molecule has 0 aromatic carbocycles. The Morgan fingerprint density at radius 1 is 1.32 bits per heavy atom. The van der Waals surface area contributed by atoms with E-state index < -0.39 is 0 Å². The smallest absolute Gasteiger partial charge is 0.0462 e. The first-order valence-electron chi connectivity index (χ1n) is 7.76. The normalized spacial score (nSPS) is 19.2. The molecule has 19 heavy (non-hydrogen) atoms. The number of rotatable bonds is 7. The second kappa shape index (κ2) is 7.71. The maximum atomic E-state index is 5.11. The molecule has 1 aliphatic rings. The Labute approximate surface area is 117 Å². The van der Waals surface area contributed by atoms with Gasteiger partial charge in [-0.15, -0.1) is 0 Å². The van der Waals surface area contributed by atoms with Gasteiger partial charge in [-0.2, -0.15) is 0 Å². The van der Waals surface area contributed by atoms with E-state index >= 15 is 0 Å². The lowest BCUT2D eigenvalue weighted by Crippen LogP contribution is -2.20. The Bertz CT molecular complexity index is 373. The fourth-order valence-electron chi connectivity index (χ4n) is 3.04. The minimum Gasteiger partial charge on any atom is -0.385 e. The molecule has 0 radical (unpaired) electrons. The van der Waals surface area contributed by atoms with Crippen LogP contribution in [0.4, 0.5) is 0 Å². The number of nitrogens with zero attached hydrogens (tertiary/aromatic N) is 1. The maximum absolute atomic E-state index is 5.11. The van der Waals surface area contributed by atoms with Gasteiger partial charge in [-0.25, -0.2) is 0 Å². The maximum Gasteiger partial charge on any atom is 0.0462 e. The zero-order chi connectivity index (χ0) is 13.5. The highest BCUT2D eigenvalue weighted by Crippen LogP contribution is 2.29. The fourth-order valence-corrected chi connectivity index (χ4v) is 3.04. The summed E-state index contributed by atoms with van der Waals surface area (Å²) in [5, 5.41) is 3.64. The molecule has 1 aliphatic carbocycles. The number of fused-ring (bicyclic) bond motifs is 1. The van der Waals surface area contributed by atoms with Crippen molar-refractivity contribution in [3.05, 3.63) is 23.5 Å². The number of ether oxygens (including phenoxy) is 1. The molecule has 2 rings (SSSR count). The molecule has 0 fully saturated rings. The van der Waals surface area contributed by atoms with E-state index in [1.807, 2.05) is 0 Å². The van der Waals surface area contributed by atoms with E-state index in [1.165, 1.54) is 32.1 Å². The lowest BCUT2D eigenvalue weighted by molar-refractivity contribution is 0.191. The minimum atomic E-state index is 0.572. The van der Waals surface area contributed by atoms with Crippen molar-refractivity contribution < 1.29 is 4.74 Å². The number of hydrogen-bond donors (Lipinski definition) is 1. The van der Waals surface area contributed by atoms with Crippen LogP contribution in [0.2, 0.25) is 0 Å². The quantitative estimate of drug-likeness (QED) is 0.604. The number of hydrogen-bond acceptors (Lipinski definition) is 2. The molecular weight excluding hydrogens is 236 g/mol. The number of unbranched alkanes of at least 4 members (excludes halogenated alkanes) is 1. The van der Waals surface area contributed by atoms with Crippen molar-refractivity contribution >= 4 is 0 Å². The van der Waals surface area contributed by atoms with Gasteiger partial charge in [-0.1, -0.05) is 13.3 Å². The van der Waals surface area contributed by atoms with Crippen molar-refractivity contribution in [1.29, 1.82) is 0 Å². The lowest BCUT2D eigenvalue weighted by atomic mass is 10.0. The Hall–Kier alpha value is -0.800. The monoisotopic (exact) mass is 264 g/mol. The van der Waals surface area contributed by atoms with Crippen molar-refractivity contribution in [3.8, 4) is 0 Å². The summed E-state index contributed by atoms with van der Waals surface area (Å²) in [6.45, 7) is 5.26. The highest BCUT2D eigenvalue weighted by molar-refractivity contribution is 5.29. The summed E-state index contributed by atoms with van der Waals surface area (Å²) in [7, 11) is 1.78. The zero-order valence-electron chi connectivity index (χ0n) is 12.5. The Morgan fingerprint density at radius 2 is 2.21 bits per heavy atom. The van der Waals surface area contributed by atoms with Crippen LogP contribution in [0.3, 0.4) is 0 Å². The summed E-state index contributed by atoms with van der Waals surface area (Å²) < 4.78 is 7.49. The van der Waals surface area contributed by atoms with Gasteiger partial charge in [0.05, 0.1) is 0 Å². The highest BCUT2D eigenvalue weighted by atomic mass is 16.5. The predicted octanol–water partition coefficient (Wildman–Crippen LogP) is 3.29. The fraction of sp³-hybridized carbons (Fsp3) is 0.750. The Kier molecular flexibility index (Phi) is 5.93. The topological polar surface area (TPSA) is 26.2 Å². The summed E-state index contributed by atoms with van der Waals surface area (Å²) >= 11 is 0. The molecule has 1 heterocycles. The molecule has 1 atom stereocenters. The third-order valence-electron chi connectivity index (χ3n) is 4.03. The molecule has 0 aliphatic heterocycles. The van der Waals surface area contributed by atoms with Gasteiger partial charge >= 0.3 is 0 Å². The van der Waals surface area contributed by atoms with E-state index in [4.69, 9.17) is 4.74 Å². The van der Waals surface area contributed by atoms with E-state index in [-0.39, 0.29) is 0 Å². The van der Waals surface area contributed by atoms with Crippen LogP contribution in [-0.4, -0.2) is 24.8 Å². The minimum absolute atomic E-state index is 0.572. The van der Waals surface area contributed by atoms with Crippen molar-refractivity contribution in [2.24, 2.45) is 0 Å². The van der Waals surface area contributed by atoms with Crippen molar-refractivity contribution in [3.63, 3.8) is 0 Å². The van der Waals surface area contributed by atoms with Crippen LogP contribution in [0.5, 0.6) is 0 Å². The summed E-state index contributed by atoms with van der Waals surface area (Å²) in [5.74, 6) is 0. The van der Waals surface area contributed by atoms with E-state index in [1.54, 1.807) is 18.2 Å². The van der Waals surface area contributed by atoms with Gasteiger partial charge < -0.3 is 14.6 Å². The molecular formula is C16H28N2O. The average Bonchev–Trinajstić information content (AvgIpc) is 2.73. The molecule has 0 bridgehead atoms.